The van der Waals surface area contributed by atoms with Crippen molar-refractivity contribution in [3.8, 4) is 0 Å². The summed E-state index contributed by atoms with van der Waals surface area (Å²) < 4.78 is 1.90. The molecule has 1 aromatic heterocycles. The van der Waals surface area contributed by atoms with Crippen LogP contribution in [0.25, 0.3) is 0 Å². The SMILES string of the molecule is CCn1cnnc1CNCC(=O)Nc1c(Cl)cccc1Cl. The molecule has 2 rings (SSSR count). The van der Waals surface area contributed by atoms with E-state index in [0.29, 0.717) is 22.3 Å². The standard InChI is InChI=1S/C13H15Cl2N5O/c1-2-20-8-17-19-11(20)6-16-7-12(21)18-13-9(14)4-3-5-10(13)15/h3-5,8,16H,2,6-7H2,1H3,(H,18,21). The zero-order chi connectivity index (χ0) is 15.2. The summed E-state index contributed by atoms with van der Waals surface area (Å²) >= 11 is 12.0. The molecule has 0 spiro atoms. The third-order valence-corrected chi connectivity index (χ3v) is 3.46. The van der Waals surface area contributed by atoms with Gasteiger partial charge in [0.2, 0.25) is 5.91 Å². The van der Waals surface area contributed by atoms with Gasteiger partial charge in [-0.05, 0) is 19.1 Å². The summed E-state index contributed by atoms with van der Waals surface area (Å²) in [6.45, 7) is 3.36. The predicted molar refractivity (Wildman–Crippen MR) is 82.5 cm³/mol. The van der Waals surface area contributed by atoms with Gasteiger partial charge in [-0.15, -0.1) is 10.2 Å². The number of aromatic nitrogens is 3. The zero-order valence-corrected chi connectivity index (χ0v) is 12.9. The lowest BCUT2D eigenvalue weighted by atomic mass is 10.3. The Morgan fingerprint density at radius 2 is 2.05 bits per heavy atom. The molecule has 21 heavy (non-hydrogen) atoms. The fourth-order valence-electron chi connectivity index (χ4n) is 1.77. The number of anilines is 1. The average molecular weight is 328 g/mol. The van der Waals surface area contributed by atoms with Gasteiger partial charge in [0.1, 0.15) is 12.2 Å². The van der Waals surface area contributed by atoms with Crippen LogP contribution in [0.2, 0.25) is 10.0 Å². The van der Waals surface area contributed by atoms with Crippen molar-refractivity contribution in [3.05, 3.63) is 40.4 Å². The minimum absolute atomic E-state index is 0.123. The van der Waals surface area contributed by atoms with Crippen molar-refractivity contribution >= 4 is 34.8 Å². The summed E-state index contributed by atoms with van der Waals surface area (Å²) in [7, 11) is 0. The van der Waals surface area contributed by atoms with E-state index in [1.807, 2.05) is 11.5 Å². The van der Waals surface area contributed by atoms with Crippen molar-refractivity contribution in [3.63, 3.8) is 0 Å². The van der Waals surface area contributed by atoms with Gasteiger partial charge in [-0.25, -0.2) is 0 Å². The Morgan fingerprint density at radius 3 is 2.71 bits per heavy atom. The van der Waals surface area contributed by atoms with E-state index in [2.05, 4.69) is 20.8 Å². The van der Waals surface area contributed by atoms with Gasteiger partial charge in [0, 0.05) is 6.54 Å². The van der Waals surface area contributed by atoms with Crippen LogP contribution in [0.5, 0.6) is 0 Å². The molecule has 112 valence electrons. The molecular formula is C13H15Cl2N5O. The molecule has 0 bridgehead atoms. The van der Waals surface area contributed by atoms with E-state index in [-0.39, 0.29) is 12.5 Å². The molecular weight excluding hydrogens is 313 g/mol. The lowest BCUT2D eigenvalue weighted by molar-refractivity contribution is -0.115. The molecule has 0 saturated carbocycles. The lowest BCUT2D eigenvalue weighted by Crippen LogP contribution is -2.28. The van der Waals surface area contributed by atoms with Crippen molar-refractivity contribution in [2.45, 2.75) is 20.0 Å². The van der Waals surface area contributed by atoms with Gasteiger partial charge in [0.05, 0.1) is 28.8 Å². The summed E-state index contributed by atoms with van der Waals surface area (Å²) in [5.74, 6) is 0.550. The van der Waals surface area contributed by atoms with E-state index in [1.54, 1.807) is 24.5 Å². The summed E-state index contributed by atoms with van der Waals surface area (Å²) in [5.41, 5.74) is 0.421. The molecule has 0 aliphatic carbocycles. The van der Waals surface area contributed by atoms with Crippen LogP contribution in [0.15, 0.2) is 24.5 Å². The van der Waals surface area contributed by atoms with E-state index >= 15 is 0 Å². The number of aryl methyl sites for hydroxylation is 1. The Hall–Kier alpha value is -1.63. The van der Waals surface area contributed by atoms with Crippen LogP contribution < -0.4 is 10.6 Å². The van der Waals surface area contributed by atoms with Gasteiger partial charge < -0.3 is 15.2 Å². The van der Waals surface area contributed by atoms with Crippen molar-refractivity contribution < 1.29 is 4.79 Å². The van der Waals surface area contributed by atoms with Crippen LogP contribution in [-0.2, 0) is 17.9 Å². The first kappa shape index (κ1) is 15.8. The molecule has 8 heteroatoms. The van der Waals surface area contributed by atoms with Gasteiger partial charge in [-0.3, -0.25) is 4.79 Å². The smallest absolute Gasteiger partial charge is 0.238 e. The summed E-state index contributed by atoms with van der Waals surface area (Å²) in [4.78, 5) is 11.9. The maximum Gasteiger partial charge on any atom is 0.238 e. The van der Waals surface area contributed by atoms with Crippen LogP contribution >= 0.6 is 23.2 Å². The van der Waals surface area contributed by atoms with Crippen LogP contribution in [0.1, 0.15) is 12.7 Å². The summed E-state index contributed by atoms with van der Waals surface area (Å²) in [6, 6.07) is 5.05. The largest absolute Gasteiger partial charge is 0.322 e. The molecule has 1 aromatic carbocycles. The number of nitrogens with zero attached hydrogens (tertiary/aromatic N) is 3. The number of benzene rings is 1. The number of nitrogens with one attached hydrogen (secondary N) is 2. The third-order valence-electron chi connectivity index (χ3n) is 2.83. The van der Waals surface area contributed by atoms with Crippen molar-refractivity contribution in [1.82, 2.24) is 20.1 Å². The number of carbonyl (C=O) groups excluding carboxylic acids is 1. The van der Waals surface area contributed by atoms with E-state index in [9.17, 15) is 4.79 Å². The number of rotatable bonds is 6. The Kier molecular flexibility index (Phi) is 5.55. The van der Waals surface area contributed by atoms with Crippen LogP contribution in [0, 0.1) is 0 Å². The van der Waals surface area contributed by atoms with Crippen LogP contribution in [-0.4, -0.2) is 27.2 Å². The second-order valence-corrected chi connectivity index (χ2v) is 5.10. The Bertz CT molecular complexity index is 609. The van der Waals surface area contributed by atoms with E-state index in [4.69, 9.17) is 23.2 Å². The first-order valence-electron chi connectivity index (χ1n) is 6.43. The minimum Gasteiger partial charge on any atom is -0.322 e. The monoisotopic (exact) mass is 327 g/mol. The quantitative estimate of drug-likeness (QED) is 0.854. The fourth-order valence-corrected chi connectivity index (χ4v) is 2.26. The normalized spacial score (nSPS) is 10.6. The molecule has 0 saturated heterocycles. The van der Waals surface area contributed by atoms with Crippen LogP contribution in [0.4, 0.5) is 5.69 Å². The maximum atomic E-state index is 11.9. The number of carbonyl (C=O) groups is 1. The molecule has 0 radical (unpaired) electrons. The summed E-state index contributed by atoms with van der Waals surface area (Å²) in [6.07, 6.45) is 1.65. The Labute approximate surface area is 132 Å². The molecule has 6 nitrogen and oxygen atoms in total. The number of hydrogen-bond donors (Lipinski definition) is 2. The topological polar surface area (TPSA) is 71.8 Å². The summed E-state index contributed by atoms with van der Waals surface area (Å²) in [5, 5.41) is 14.3. The Balaban J connectivity index is 1.85. The number of amides is 1. The van der Waals surface area contributed by atoms with E-state index < -0.39 is 0 Å². The molecule has 1 amide bonds. The van der Waals surface area contributed by atoms with Crippen LogP contribution in [0.3, 0.4) is 0 Å². The second kappa shape index (κ2) is 7.40. The molecule has 1 heterocycles. The van der Waals surface area contributed by atoms with E-state index in [0.717, 1.165) is 12.4 Å². The molecule has 0 aliphatic rings. The zero-order valence-electron chi connectivity index (χ0n) is 11.4. The van der Waals surface area contributed by atoms with Gasteiger partial charge in [-0.1, -0.05) is 29.3 Å². The van der Waals surface area contributed by atoms with Crippen molar-refractivity contribution in [2.24, 2.45) is 0 Å². The molecule has 0 aliphatic heterocycles. The van der Waals surface area contributed by atoms with Gasteiger partial charge in [-0.2, -0.15) is 0 Å². The molecule has 0 fully saturated rings. The third kappa shape index (κ3) is 4.17. The fraction of sp³-hybridized carbons (Fsp3) is 0.308. The number of halogens is 2. The van der Waals surface area contributed by atoms with E-state index in [1.165, 1.54) is 0 Å². The van der Waals surface area contributed by atoms with Crippen molar-refractivity contribution in [2.75, 3.05) is 11.9 Å². The highest BCUT2D eigenvalue weighted by molar-refractivity contribution is 6.39. The Morgan fingerprint density at radius 1 is 1.33 bits per heavy atom. The number of hydrogen-bond acceptors (Lipinski definition) is 4. The molecule has 2 aromatic rings. The molecule has 0 atom stereocenters. The van der Waals surface area contributed by atoms with Gasteiger partial charge in [0.25, 0.3) is 0 Å². The molecule has 0 unspecified atom stereocenters. The minimum atomic E-state index is -0.229. The second-order valence-electron chi connectivity index (χ2n) is 4.28. The first-order chi connectivity index (χ1) is 10.1. The highest BCUT2D eigenvalue weighted by Gasteiger charge is 2.10. The lowest BCUT2D eigenvalue weighted by Gasteiger charge is -2.10. The predicted octanol–water partition coefficient (Wildman–Crippen LogP) is 2.33. The average Bonchev–Trinajstić information content (AvgIpc) is 2.90. The first-order valence-corrected chi connectivity index (χ1v) is 7.18. The maximum absolute atomic E-state index is 11.9. The van der Waals surface area contributed by atoms with Gasteiger partial charge >= 0.3 is 0 Å². The molecule has 2 N–H and O–H groups in total. The number of para-hydroxylation sites is 1. The highest BCUT2D eigenvalue weighted by Crippen LogP contribution is 2.29. The highest BCUT2D eigenvalue weighted by atomic mass is 35.5. The van der Waals surface area contributed by atoms with Crippen molar-refractivity contribution in [1.29, 1.82) is 0 Å². The van der Waals surface area contributed by atoms with Gasteiger partial charge in [0.15, 0.2) is 0 Å².